The molecule has 4 amide bonds. The number of fused-ring (bicyclic) bond motifs is 21. The van der Waals surface area contributed by atoms with Crippen molar-refractivity contribution in [2.75, 3.05) is 95.8 Å². The van der Waals surface area contributed by atoms with E-state index in [1.807, 2.05) is 84.8 Å². The molecule has 3 aromatic carbocycles. The Morgan fingerprint density at radius 3 is 0.979 bits per heavy atom. The fraction of sp³-hybridized carbons (Fsp3) is 0.719. The van der Waals surface area contributed by atoms with Crippen molar-refractivity contribution in [2.45, 2.75) is 337 Å². The van der Waals surface area contributed by atoms with Gasteiger partial charge in [0.2, 0.25) is 6.08 Å². The van der Waals surface area contributed by atoms with Crippen molar-refractivity contribution in [3.8, 4) is 0 Å². The number of esters is 2. The van der Waals surface area contributed by atoms with Crippen LogP contribution >= 0.6 is 0 Å². The van der Waals surface area contributed by atoms with Crippen LogP contribution in [0.15, 0.2) is 132 Å². The number of amides is 4. The van der Waals surface area contributed by atoms with Crippen molar-refractivity contribution >= 4 is 52.8 Å². The van der Waals surface area contributed by atoms with E-state index in [-0.39, 0.29) is 128 Å². The van der Waals surface area contributed by atoms with Crippen LogP contribution in [0.1, 0.15) is 368 Å². The number of nitrogens with two attached hydrogens (primary N) is 1. The number of methoxy groups -OCH3 is 2. The standard InChI is InChI=1S/C42H63N3O3.C41H61N3O3.C38H51NO3.C4H12N2.3CH4/c1-27(2)30-17-22-42(44-37(47)43-25-26-45(8)9)24-23-40(6)32(35(30)42)15-16-34-39(5)20-18-31(28-11-13-29(14-12-28)36(46)48-10)38(3,4)33(39)19-21-41(34,40)7;1-26(2)29-16-21-41(43-36(47)42-24-25-44(8)9)23-22-39(6)31(34(29)41)14-15-33-38(5)19-17-30(27-10-12-28(13-11-27)35(45)46)37(3,4)32(38)18-20-40(33,39)7;1-24(2)27-15-20-38(39-23-40)22-21-36(6)29(32(27)38)13-14-31-35(5)18-16-28(25-9-11-26(12-10-25)33(41)42-8)34(3,4)30(35)17-19-37(31,36)7;1-6(2)4-3-5;;;/h11-14,18,30,32-35H,1,15-17,19-26H2,2-10H3,(H2,43,44,47);10-13,17,29,31-34H,1,14-16,18-25H2,2-9H3,(H,45,46)(H2,42,43,47);9-12,16,27,29-32H,1,13-15,17-22H2,2-8H3;3-5H2,1-2H3;3*1H4/t30-,32+,33-,34+,35+,39-,40+,41+,42-;29-,31+,32-,33+,34+,38-,39+,40+,41-;27-,29+,30-,31+,32+,35-,36+,37+,38-;;;;/m000..../s1. The number of carbonyl (C=O) groups excluding carboxylic acids is 5. The Kier molecular flexibility index (Phi) is 34.5. The van der Waals surface area contributed by atoms with Crippen molar-refractivity contribution in [1.82, 2.24) is 36.0 Å². The molecule has 27 atom stereocenters. The maximum Gasteiger partial charge on any atom is 0.337 e. The van der Waals surface area contributed by atoms with Gasteiger partial charge in [-0.25, -0.2) is 28.8 Å². The Bertz CT molecular complexity index is 5410. The molecule has 3 aromatic rings. The molecule has 0 bridgehead atoms. The Morgan fingerprint density at radius 1 is 0.390 bits per heavy atom. The molecular formula is C128H199N9O9. The lowest BCUT2D eigenvalue weighted by Crippen LogP contribution is -2.68. The second-order valence-corrected chi connectivity index (χ2v) is 53.8. The van der Waals surface area contributed by atoms with Gasteiger partial charge in [0, 0.05) is 50.3 Å². The number of nitrogens with one attached hydrogen (secondary N) is 4. The number of likely N-dealkylation sites (N-methyl/N-ethyl adjacent to an activating group) is 3. The summed E-state index contributed by atoms with van der Waals surface area (Å²) in [7, 11) is 15.1. The number of hydrogen-bond donors (Lipinski definition) is 6. The van der Waals surface area contributed by atoms with Crippen molar-refractivity contribution in [3.05, 3.63) is 161 Å². The van der Waals surface area contributed by atoms with Crippen LogP contribution in [0.2, 0.25) is 0 Å². The van der Waals surface area contributed by atoms with Gasteiger partial charge in [-0.2, -0.15) is 4.99 Å². The zero-order chi connectivity index (χ0) is 104. The number of carbonyl (C=O) groups is 5. The third kappa shape index (κ3) is 19.4. The third-order valence-corrected chi connectivity index (χ3v) is 45.8. The number of aliphatic imine (C=N–C) groups is 1. The molecule has 0 radical (unpaired) electrons. The molecule has 810 valence electrons. The molecule has 146 heavy (non-hydrogen) atoms. The van der Waals surface area contributed by atoms with E-state index < -0.39 is 5.97 Å². The largest absolute Gasteiger partial charge is 0.478 e. The lowest BCUT2D eigenvalue weighted by Gasteiger charge is -2.72. The minimum Gasteiger partial charge on any atom is -0.478 e. The Balaban J connectivity index is 0.000000188. The first kappa shape index (κ1) is 117. The number of rotatable bonds is 20. The van der Waals surface area contributed by atoms with Gasteiger partial charge in [0.15, 0.2) is 0 Å². The second-order valence-electron chi connectivity index (χ2n) is 53.8. The molecule has 15 aliphatic carbocycles. The third-order valence-electron chi connectivity index (χ3n) is 45.8. The van der Waals surface area contributed by atoms with Gasteiger partial charge in [0.1, 0.15) is 0 Å². The van der Waals surface area contributed by atoms with Gasteiger partial charge in [0.25, 0.3) is 0 Å². The number of aromatic carboxylic acids is 1. The lowest BCUT2D eigenvalue weighted by molar-refractivity contribution is -0.218. The minimum absolute atomic E-state index is 0. The van der Waals surface area contributed by atoms with E-state index in [1.54, 1.807) is 12.1 Å². The number of ether oxygens (including phenoxy) is 2. The Labute approximate surface area is 884 Å². The molecule has 0 aliphatic heterocycles. The number of urea groups is 2. The lowest BCUT2D eigenvalue weighted by atomic mass is 9.33. The molecule has 7 N–H and O–H groups in total. The maximum absolute atomic E-state index is 13.4. The average molecular weight is 2010 g/mol. The van der Waals surface area contributed by atoms with E-state index in [9.17, 15) is 33.9 Å². The first-order chi connectivity index (χ1) is 67.1. The molecular weight excluding hydrogens is 1810 g/mol. The number of isocyanates is 1. The smallest absolute Gasteiger partial charge is 0.337 e. The summed E-state index contributed by atoms with van der Waals surface area (Å²) in [5.74, 6) is 6.68. The molecule has 0 saturated heterocycles. The number of carboxylic acid groups (broad SMARTS) is 1. The highest BCUT2D eigenvalue weighted by Gasteiger charge is 2.76. The van der Waals surface area contributed by atoms with Gasteiger partial charge in [-0.05, 0) is 460 Å². The maximum atomic E-state index is 13.4. The predicted molar refractivity (Wildman–Crippen MR) is 603 cm³/mol. The summed E-state index contributed by atoms with van der Waals surface area (Å²) in [6, 6.07) is 23.7. The summed E-state index contributed by atoms with van der Waals surface area (Å²) < 4.78 is 9.89. The van der Waals surface area contributed by atoms with Gasteiger partial charge in [0.05, 0.1) is 36.4 Å². The van der Waals surface area contributed by atoms with Gasteiger partial charge in [-0.3, -0.25) is 0 Å². The summed E-state index contributed by atoms with van der Waals surface area (Å²) in [5.41, 5.74) is 20.1. The van der Waals surface area contributed by atoms with Crippen LogP contribution < -0.4 is 27.0 Å². The second kappa shape index (κ2) is 43.1. The minimum atomic E-state index is -0.872. The van der Waals surface area contributed by atoms with Crippen LogP contribution in [0, 0.1) is 154 Å². The number of benzene rings is 3. The van der Waals surface area contributed by atoms with Gasteiger partial charge in [-0.1, -0.05) is 217 Å². The molecule has 18 heteroatoms. The average Bonchev–Trinajstić information content (AvgIpc) is 1.00. The van der Waals surface area contributed by atoms with Crippen LogP contribution in [0.5, 0.6) is 0 Å². The van der Waals surface area contributed by atoms with E-state index in [4.69, 9.17) is 15.2 Å². The molecule has 12 fully saturated rings. The van der Waals surface area contributed by atoms with Gasteiger partial charge >= 0.3 is 30.0 Å². The van der Waals surface area contributed by atoms with Crippen molar-refractivity contribution in [2.24, 2.45) is 164 Å². The van der Waals surface area contributed by atoms with E-state index in [1.165, 1.54) is 154 Å². The SMILES string of the molecule is C.C.C.C=C(C)[C@@H]1CC[C@]2(N=C=O)CC[C@]3(C)[C@H](CC[C@@H]4[C@@]5(C)CC=C(c6ccc(C(=O)OC)cc6)C(C)(C)[C@@H]5CC[C@]43C)[C@@H]12.C=C(C)[C@@H]1CC[C@]2(NC(=O)NCCN(C)C)CC[C@]3(C)[C@H](CC[C@@H]4[C@@]5(C)CC=C(c6ccc(C(=O)O)cc6)C(C)(C)[C@@H]5CC[C@]43C)[C@@H]12.C=C(C)[C@@H]1CC[C@]2(NC(=O)NCCN(C)C)CC[C@]3(C)[C@H](CC[C@@H]4[C@@]5(C)CC=C(c6ccc(C(=O)OC)cc6)C(C)(C)[C@@H]5CC[C@]43C)[C@@H]12.CN(C)CCN. The molecule has 0 heterocycles. The highest BCUT2D eigenvalue weighted by Crippen LogP contribution is 2.82. The van der Waals surface area contributed by atoms with E-state index in [2.05, 4.69) is 228 Å². The number of hydrogen-bond acceptors (Lipinski definition) is 13. The van der Waals surface area contributed by atoms with Crippen LogP contribution in [-0.4, -0.2) is 168 Å². The summed E-state index contributed by atoms with van der Waals surface area (Å²) in [6.45, 7) is 63.5. The Morgan fingerprint density at radius 2 is 0.692 bits per heavy atom. The number of allylic oxidation sites excluding steroid dienone is 9. The molecule has 18 nitrogen and oxygen atoms in total. The van der Waals surface area contributed by atoms with Gasteiger partial charge in [-0.15, -0.1) is 0 Å². The van der Waals surface area contributed by atoms with Gasteiger partial charge < -0.3 is 56.3 Å². The molecule has 15 aliphatic rings. The van der Waals surface area contributed by atoms with Crippen molar-refractivity contribution in [3.63, 3.8) is 0 Å². The first-order valence-corrected chi connectivity index (χ1v) is 55.7. The monoisotopic (exact) mass is 2010 g/mol. The topological polar surface area (TPSA) is 237 Å². The summed E-state index contributed by atoms with van der Waals surface area (Å²) in [5, 5.41) is 23.1. The van der Waals surface area contributed by atoms with Crippen LogP contribution in [0.25, 0.3) is 16.7 Å². The fourth-order valence-corrected chi connectivity index (χ4v) is 38.6. The van der Waals surface area contributed by atoms with Crippen LogP contribution in [-0.2, 0) is 14.3 Å². The zero-order valence-corrected chi connectivity index (χ0v) is 93.4. The molecule has 18 rings (SSSR count). The highest BCUT2D eigenvalue weighted by molar-refractivity contribution is 5.91. The van der Waals surface area contributed by atoms with Crippen molar-refractivity contribution < 1.29 is 43.3 Å². The van der Waals surface area contributed by atoms with Crippen molar-refractivity contribution in [1.29, 1.82) is 0 Å². The number of carboxylic acids is 1. The molecule has 12 saturated carbocycles. The normalized spacial score (nSPS) is 38.9. The number of nitrogens with zero attached hydrogens (tertiary/aromatic N) is 4. The summed E-state index contributed by atoms with van der Waals surface area (Å²) in [4.78, 5) is 85.1. The van der Waals surface area contributed by atoms with E-state index in [0.29, 0.717) is 119 Å². The first-order valence-electron chi connectivity index (χ1n) is 55.7. The Hall–Kier alpha value is -7.73. The van der Waals surface area contributed by atoms with Crippen LogP contribution in [0.3, 0.4) is 0 Å². The van der Waals surface area contributed by atoms with Crippen LogP contribution in [0.4, 0.5) is 9.59 Å². The summed E-state index contributed by atoms with van der Waals surface area (Å²) >= 11 is 0. The fourth-order valence-electron chi connectivity index (χ4n) is 38.6. The van der Waals surface area contributed by atoms with E-state index >= 15 is 0 Å². The molecule has 0 unspecified atom stereocenters. The highest BCUT2D eigenvalue weighted by atomic mass is 16.5. The molecule has 0 spiro atoms. The molecule has 0 aromatic heterocycles. The van der Waals surface area contributed by atoms with E-state index in [0.717, 1.165) is 110 Å². The zero-order valence-electron chi connectivity index (χ0n) is 93.4. The quantitative estimate of drug-likeness (QED) is 0.0267. The summed E-state index contributed by atoms with van der Waals surface area (Å²) in [6.07, 6.45) is 41.0. The predicted octanol–water partition coefficient (Wildman–Crippen LogP) is 28.0.